The van der Waals surface area contributed by atoms with Crippen molar-refractivity contribution in [3.63, 3.8) is 0 Å². The summed E-state index contributed by atoms with van der Waals surface area (Å²) in [6.45, 7) is 1.63. The van der Waals surface area contributed by atoms with Crippen molar-refractivity contribution in [2.45, 2.75) is 11.8 Å². The van der Waals surface area contributed by atoms with E-state index in [2.05, 4.69) is 9.97 Å². The number of amides is 1. The molecule has 3 aromatic rings. The molecule has 0 atom stereocenters. The molecule has 10 heteroatoms. The molecule has 8 nitrogen and oxygen atoms in total. The lowest BCUT2D eigenvalue weighted by molar-refractivity contribution is 0.0977. The predicted molar refractivity (Wildman–Crippen MR) is 104 cm³/mol. The normalized spacial score (nSPS) is 11.3. The second kappa shape index (κ2) is 7.61. The molecule has 0 aliphatic heterocycles. The number of carbonyl (C=O) groups is 1. The number of aromatic nitrogens is 3. The monoisotopic (exact) mass is 420 g/mol. The van der Waals surface area contributed by atoms with Crippen LogP contribution in [0.15, 0.2) is 47.6 Å². The maximum atomic E-state index is 12.7. The number of nitrogens with one attached hydrogen (secondary N) is 1. The maximum Gasteiger partial charge on any atom is 0.285 e. The minimum absolute atomic E-state index is 0.0517. The van der Waals surface area contributed by atoms with Crippen molar-refractivity contribution in [2.75, 3.05) is 7.11 Å². The van der Waals surface area contributed by atoms with Gasteiger partial charge in [-0.3, -0.25) is 9.78 Å². The number of pyridine rings is 1. The van der Waals surface area contributed by atoms with Gasteiger partial charge in [-0.05, 0) is 30.7 Å². The van der Waals surface area contributed by atoms with Gasteiger partial charge >= 0.3 is 0 Å². The standard InChI is InChI=1S/C18H17ClN4O4S/c1-11-6-7-12(27-3)9-15(11)28(25,26)22-18(24)14-10-23(2)17(21-14)16-13(19)5-4-8-20-16/h4-10H,1-3H3,(H,22,24). The van der Waals surface area contributed by atoms with Crippen molar-refractivity contribution in [1.29, 1.82) is 0 Å². The van der Waals surface area contributed by atoms with Crippen molar-refractivity contribution < 1.29 is 17.9 Å². The average Bonchev–Trinajstić information content (AvgIpc) is 3.04. The van der Waals surface area contributed by atoms with E-state index in [0.29, 0.717) is 27.9 Å². The smallest absolute Gasteiger partial charge is 0.285 e. The summed E-state index contributed by atoms with van der Waals surface area (Å²) in [5, 5.41) is 0.364. The van der Waals surface area contributed by atoms with Crippen LogP contribution in [0.1, 0.15) is 16.1 Å². The lowest BCUT2D eigenvalue weighted by atomic mass is 10.2. The second-order valence-corrected chi connectivity index (χ2v) is 8.02. The average molecular weight is 421 g/mol. The third kappa shape index (κ3) is 3.85. The van der Waals surface area contributed by atoms with E-state index in [9.17, 15) is 13.2 Å². The van der Waals surface area contributed by atoms with Crippen LogP contribution in [0.3, 0.4) is 0 Å². The van der Waals surface area contributed by atoms with E-state index in [1.165, 1.54) is 19.4 Å². The molecule has 1 aromatic carbocycles. The van der Waals surface area contributed by atoms with E-state index in [-0.39, 0.29) is 10.6 Å². The molecule has 0 aliphatic rings. The second-order valence-electron chi connectivity index (χ2n) is 5.96. The summed E-state index contributed by atoms with van der Waals surface area (Å²) in [7, 11) is -1.03. The number of nitrogens with zero attached hydrogens (tertiary/aromatic N) is 3. The first kappa shape index (κ1) is 19.8. The third-order valence-corrected chi connectivity index (χ3v) is 5.77. The van der Waals surface area contributed by atoms with Crippen molar-refractivity contribution >= 4 is 27.5 Å². The number of imidazole rings is 1. The number of aryl methyl sites for hydroxylation is 2. The Bertz CT molecular complexity index is 1160. The molecule has 146 valence electrons. The summed E-state index contributed by atoms with van der Waals surface area (Å²) in [4.78, 5) is 20.8. The van der Waals surface area contributed by atoms with Crippen molar-refractivity contribution in [3.8, 4) is 17.3 Å². The number of ether oxygens (including phenoxy) is 1. The van der Waals surface area contributed by atoms with Gasteiger partial charge in [0.05, 0.1) is 17.0 Å². The van der Waals surface area contributed by atoms with Gasteiger partial charge in [0.15, 0.2) is 5.82 Å². The molecule has 0 aliphatic carbocycles. The highest BCUT2D eigenvalue weighted by atomic mass is 35.5. The lowest BCUT2D eigenvalue weighted by Crippen LogP contribution is -2.31. The highest BCUT2D eigenvalue weighted by molar-refractivity contribution is 7.90. The molecule has 2 heterocycles. The fraction of sp³-hybridized carbons (Fsp3) is 0.167. The first-order valence-electron chi connectivity index (χ1n) is 8.09. The van der Waals surface area contributed by atoms with Gasteiger partial charge < -0.3 is 9.30 Å². The van der Waals surface area contributed by atoms with Gasteiger partial charge in [0.25, 0.3) is 15.9 Å². The van der Waals surface area contributed by atoms with Gasteiger partial charge in [-0.1, -0.05) is 17.7 Å². The molecule has 0 saturated carbocycles. The highest BCUT2D eigenvalue weighted by Gasteiger charge is 2.24. The Labute approximate surface area is 167 Å². The zero-order chi connectivity index (χ0) is 20.5. The molecular weight excluding hydrogens is 404 g/mol. The number of carbonyl (C=O) groups excluding carboxylic acids is 1. The Hall–Kier alpha value is -2.91. The minimum Gasteiger partial charge on any atom is -0.497 e. The summed E-state index contributed by atoms with van der Waals surface area (Å²) in [6.07, 6.45) is 2.95. The Morgan fingerprint density at radius 3 is 2.71 bits per heavy atom. The maximum absolute atomic E-state index is 12.7. The van der Waals surface area contributed by atoms with Crippen LogP contribution < -0.4 is 9.46 Å². The van der Waals surface area contributed by atoms with E-state index < -0.39 is 15.9 Å². The zero-order valence-electron chi connectivity index (χ0n) is 15.3. The van der Waals surface area contributed by atoms with Gasteiger partial charge in [-0.15, -0.1) is 0 Å². The number of sulfonamides is 1. The Balaban J connectivity index is 1.92. The molecule has 0 radical (unpaired) electrons. The number of rotatable bonds is 5. The predicted octanol–water partition coefficient (Wildman–Crippen LogP) is 2.57. The summed E-state index contributed by atoms with van der Waals surface area (Å²) in [5.41, 5.74) is 0.781. The molecule has 2 aromatic heterocycles. The SMILES string of the molecule is COc1ccc(C)c(S(=O)(=O)NC(=O)c2cn(C)c(-c3ncccc3Cl)n2)c1. The quantitative estimate of drug-likeness (QED) is 0.680. The van der Waals surface area contributed by atoms with Crippen molar-refractivity contribution in [3.05, 3.63) is 59.0 Å². The molecule has 3 rings (SSSR count). The van der Waals surface area contributed by atoms with E-state index >= 15 is 0 Å². The number of benzene rings is 1. The van der Waals surface area contributed by atoms with Crippen LogP contribution >= 0.6 is 11.6 Å². The number of hydrogen-bond acceptors (Lipinski definition) is 6. The number of halogens is 1. The van der Waals surface area contributed by atoms with Crippen LogP contribution in [-0.2, 0) is 17.1 Å². The van der Waals surface area contributed by atoms with Crippen LogP contribution in [0.5, 0.6) is 5.75 Å². The molecule has 28 heavy (non-hydrogen) atoms. The summed E-state index contributed by atoms with van der Waals surface area (Å²) >= 11 is 6.13. The molecular formula is C18H17ClN4O4S. The first-order valence-corrected chi connectivity index (χ1v) is 9.95. The topological polar surface area (TPSA) is 103 Å². The summed E-state index contributed by atoms with van der Waals surface area (Å²) in [6, 6.07) is 7.90. The fourth-order valence-electron chi connectivity index (χ4n) is 2.57. The van der Waals surface area contributed by atoms with Crippen LogP contribution in [0, 0.1) is 6.92 Å². The van der Waals surface area contributed by atoms with Gasteiger partial charge in [0.2, 0.25) is 0 Å². The number of methoxy groups -OCH3 is 1. The van der Waals surface area contributed by atoms with Gasteiger partial charge in [0, 0.05) is 25.5 Å². The minimum atomic E-state index is -4.12. The highest BCUT2D eigenvalue weighted by Crippen LogP contribution is 2.25. The van der Waals surface area contributed by atoms with Crippen LogP contribution in [0.25, 0.3) is 11.5 Å². The van der Waals surface area contributed by atoms with E-state index in [0.717, 1.165) is 0 Å². The van der Waals surface area contributed by atoms with Gasteiger partial charge in [-0.25, -0.2) is 18.1 Å². The van der Waals surface area contributed by atoms with E-state index in [1.54, 1.807) is 49.0 Å². The molecule has 0 spiro atoms. The molecule has 0 bridgehead atoms. The molecule has 0 saturated heterocycles. The molecule has 0 unspecified atom stereocenters. The zero-order valence-corrected chi connectivity index (χ0v) is 16.9. The van der Waals surface area contributed by atoms with Crippen LogP contribution in [0.4, 0.5) is 0 Å². The Morgan fingerprint density at radius 1 is 1.29 bits per heavy atom. The van der Waals surface area contributed by atoms with E-state index in [4.69, 9.17) is 16.3 Å². The first-order chi connectivity index (χ1) is 13.2. The molecule has 1 N–H and O–H groups in total. The molecule has 0 fully saturated rings. The van der Waals surface area contributed by atoms with Crippen LogP contribution in [-0.4, -0.2) is 36.0 Å². The largest absolute Gasteiger partial charge is 0.497 e. The van der Waals surface area contributed by atoms with Gasteiger partial charge in [0.1, 0.15) is 17.1 Å². The summed E-state index contributed by atoms with van der Waals surface area (Å²) in [5.74, 6) is -0.162. The Kier molecular flexibility index (Phi) is 5.39. The van der Waals surface area contributed by atoms with Crippen molar-refractivity contribution in [1.82, 2.24) is 19.3 Å². The third-order valence-electron chi connectivity index (χ3n) is 3.99. The number of hydrogen-bond donors (Lipinski definition) is 1. The van der Waals surface area contributed by atoms with Crippen molar-refractivity contribution in [2.24, 2.45) is 7.05 Å². The lowest BCUT2D eigenvalue weighted by Gasteiger charge is -2.10. The summed E-state index contributed by atoms with van der Waals surface area (Å²) < 4.78 is 34.0. The van der Waals surface area contributed by atoms with Gasteiger partial charge in [-0.2, -0.15) is 0 Å². The fourth-order valence-corrected chi connectivity index (χ4v) is 4.00. The van der Waals surface area contributed by atoms with E-state index in [1.807, 2.05) is 4.72 Å². The molecule has 1 amide bonds. The van der Waals surface area contributed by atoms with Crippen LogP contribution in [0.2, 0.25) is 5.02 Å². The Morgan fingerprint density at radius 2 is 2.04 bits per heavy atom.